The van der Waals surface area contributed by atoms with Crippen molar-refractivity contribution in [2.75, 3.05) is 6.61 Å². The van der Waals surface area contributed by atoms with Gasteiger partial charge in [0, 0.05) is 0 Å². The van der Waals surface area contributed by atoms with E-state index in [-0.39, 0.29) is 19.1 Å². The van der Waals surface area contributed by atoms with Gasteiger partial charge in [0.25, 0.3) is 0 Å². The molecule has 0 aliphatic heterocycles. The second kappa shape index (κ2) is 5.21. The highest BCUT2D eigenvalue weighted by atomic mass is 16.5. The zero-order valence-electron chi connectivity index (χ0n) is 6.37. The first kappa shape index (κ1) is 9.41. The SMILES string of the molecule is CC(C)OCC(O)CC#N. The van der Waals surface area contributed by atoms with Crippen LogP contribution in [0.15, 0.2) is 0 Å². The number of ether oxygens (including phenoxy) is 1. The Kier molecular flexibility index (Phi) is 4.91. The summed E-state index contributed by atoms with van der Waals surface area (Å²) >= 11 is 0. The summed E-state index contributed by atoms with van der Waals surface area (Å²) in [5, 5.41) is 17.1. The van der Waals surface area contributed by atoms with Crippen LogP contribution in [-0.2, 0) is 4.74 Å². The first-order valence-electron chi connectivity index (χ1n) is 3.33. The number of hydrogen-bond acceptors (Lipinski definition) is 3. The number of nitrogens with zero attached hydrogens (tertiary/aromatic N) is 1. The molecule has 0 rings (SSSR count). The summed E-state index contributed by atoms with van der Waals surface area (Å²) in [5.41, 5.74) is 0. The average Bonchev–Trinajstić information content (AvgIpc) is 1.85. The summed E-state index contributed by atoms with van der Waals surface area (Å²) in [4.78, 5) is 0. The normalized spacial score (nSPS) is 13.1. The molecule has 0 aliphatic rings. The lowest BCUT2D eigenvalue weighted by Gasteiger charge is -2.09. The molecule has 1 unspecified atom stereocenters. The molecule has 58 valence electrons. The molecule has 0 spiro atoms. The third-order valence-corrected chi connectivity index (χ3v) is 0.949. The Morgan fingerprint density at radius 3 is 2.60 bits per heavy atom. The molecule has 3 heteroatoms. The van der Waals surface area contributed by atoms with Gasteiger partial charge >= 0.3 is 0 Å². The predicted molar refractivity (Wildman–Crippen MR) is 37.3 cm³/mol. The van der Waals surface area contributed by atoms with Crippen molar-refractivity contribution in [3.05, 3.63) is 0 Å². The monoisotopic (exact) mass is 143 g/mol. The highest BCUT2D eigenvalue weighted by Gasteiger charge is 2.03. The summed E-state index contributed by atoms with van der Waals surface area (Å²) in [6, 6.07) is 1.86. The zero-order chi connectivity index (χ0) is 7.98. The van der Waals surface area contributed by atoms with Gasteiger partial charge in [0.2, 0.25) is 0 Å². The van der Waals surface area contributed by atoms with Crippen molar-refractivity contribution >= 4 is 0 Å². The second-order valence-electron chi connectivity index (χ2n) is 2.40. The Balaban J connectivity index is 3.23. The van der Waals surface area contributed by atoms with E-state index in [1.165, 1.54) is 0 Å². The lowest BCUT2D eigenvalue weighted by Crippen LogP contribution is -2.17. The van der Waals surface area contributed by atoms with Gasteiger partial charge in [-0.3, -0.25) is 0 Å². The molecular weight excluding hydrogens is 130 g/mol. The Hall–Kier alpha value is -0.590. The van der Waals surface area contributed by atoms with Gasteiger partial charge in [0.1, 0.15) is 0 Å². The van der Waals surface area contributed by atoms with Gasteiger partial charge in [-0.2, -0.15) is 5.26 Å². The van der Waals surface area contributed by atoms with Gasteiger partial charge in [-0.1, -0.05) is 0 Å². The summed E-state index contributed by atoms with van der Waals surface area (Å²) in [6.07, 6.45) is -0.368. The topological polar surface area (TPSA) is 53.2 Å². The van der Waals surface area contributed by atoms with E-state index in [1.807, 2.05) is 19.9 Å². The second-order valence-corrected chi connectivity index (χ2v) is 2.40. The van der Waals surface area contributed by atoms with Crippen molar-refractivity contribution in [2.24, 2.45) is 0 Å². The van der Waals surface area contributed by atoms with E-state index in [0.717, 1.165) is 0 Å². The standard InChI is InChI=1S/C7H13NO2/c1-6(2)10-5-7(9)3-4-8/h6-7,9H,3,5H2,1-2H3. The molecule has 0 heterocycles. The van der Waals surface area contributed by atoms with Gasteiger partial charge in [-0.15, -0.1) is 0 Å². The molecule has 0 amide bonds. The lowest BCUT2D eigenvalue weighted by molar-refractivity contribution is 0.00789. The van der Waals surface area contributed by atoms with E-state index in [2.05, 4.69) is 0 Å². The maximum atomic E-state index is 8.95. The van der Waals surface area contributed by atoms with Crippen LogP contribution in [0.4, 0.5) is 0 Å². The van der Waals surface area contributed by atoms with Crippen LogP contribution in [0, 0.1) is 11.3 Å². The quantitative estimate of drug-likeness (QED) is 0.629. The maximum Gasteiger partial charge on any atom is 0.0903 e. The number of nitriles is 1. The molecule has 0 saturated heterocycles. The molecule has 10 heavy (non-hydrogen) atoms. The Morgan fingerprint density at radius 2 is 2.20 bits per heavy atom. The van der Waals surface area contributed by atoms with Gasteiger partial charge in [0.05, 0.1) is 31.3 Å². The average molecular weight is 143 g/mol. The van der Waals surface area contributed by atoms with Crippen LogP contribution < -0.4 is 0 Å². The van der Waals surface area contributed by atoms with Gasteiger partial charge in [-0.05, 0) is 13.8 Å². The van der Waals surface area contributed by atoms with Crippen LogP contribution >= 0.6 is 0 Å². The van der Waals surface area contributed by atoms with E-state index < -0.39 is 6.10 Å². The van der Waals surface area contributed by atoms with Crippen molar-refractivity contribution in [2.45, 2.75) is 32.5 Å². The summed E-state index contributed by atoms with van der Waals surface area (Å²) in [5.74, 6) is 0. The molecule has 0 radical (unpaired) electrons. The third-order valence-electron chi connectivity index (χ3n) is 0.949. The lowest BCUT2D eigenvalue weighted by atomic mass is 10.3. The van der Waals surface area contributed by atoms with Crippen LogP contribution in [0.1, 0.15) is 20.3 Å². The Labute approximate surface area is 61.2 Å². The third kappa shape index (κ3) is 5.54. The first-order valence-corrected chi connectivity index (χ1v) is 3.33. The minimum absolute atomic E-state index is 0.119. The van der Waals surface area contributed by atoms with E-state index >= 15 is 0 Å². The van der Waals surface area contributed by atoms with Crippen LogP contribution in [0.25, 0.3) is 0 Å². The van der Waals surface area contributed by atoms with Crippen LogP contribution in [0.5, 0.6) is 0 Å². The molecule has 3 nitrogen and oxygen atoms in total. The number of rotatable bonds is 4. The molecule has 0 saturated carbocycles. The Morgan fingerprint density at radius 1 is 1.60 bits per heavy atom. The molecule has 1 atom stereocenters. The number of aliphatic hydroxyl groups is 1. The summed E-state index contributed by atoms with van der Waals surface area (Å²) in [7, 11) is 0. The van der Waals surface area contributed by atoms with Crippen molar-refractivity contribution in [1.29, 1.82) is 5.26 Å². The minimum Gasteiger partial charge on any atom is -0.390 e. The van der Waals surface area contributed by atoms with Crippen molar-refractivity contribution in [3.8, 4) is 6.07 Å². The number of hydrogen-bond donors (Lipinski definition) is 1. The molecule has 0 aromatic rings. The van der Waals surface area contributed by atoms with Gasteiger partial charge in [0.15, 0.2) is 0 Å². The highest BCUT2D eigenvalue weighted by Crippen LogP contribution is 1.94. The van der Waals surface area contributed by atoms with Crippen LogP contribution in [0.3, 0.4) is 0 Å². The molecule has 0 aliphatic carbocycles. The van der Waals surface area contributed by atoms with Crippen LogP contribution in [0.2, 0.25) is 0 Å². The van der Waals surface area contributed by atoms with E-state index in [9.17, 15) is 0 Å². The van der Waals surface area contributed by atoms with E-state index in [0.29, 0.717) is 0 Å². The van der Waals surface area contributed by atoms with Gasteiger partial charge in [-0.25, -0.2) is 0 Å². The van der Waals surface area contributed by atoms with Crippen molar-refractivity contribution in [1.82, 2.24) is 0 Å². The number of aliphatic hydroxyl groups excluding tert-OH is 1. The largest absolute Gasteiger partial charge is 0.390 e. The highest BCUT2D eigenvalue weighted by molar-refractivity contribution is 4.74. The summed E-state index contributed by atoms with van der Waals surface area (Å²) < 4.78 is 5.06. The van der Waals surface area contributed by atoms with Gasteiger partial charge < -0.3 is 9.84 Å². The van der Waals surface area contributed by atoms with Crippen molar-refractivity contribution < 1.29 is 9.84 Å². The van der Waals surface area contributed by atoms with Crippen LogP contribution in [-0.4, -0.2) is 23.9 Å². The fourth-order valence-electron chi connectivity index (χ4n) is 0.468. The van der Waals surface area contributed by atoms with Crippen molar-refractivity contribution in [3.63, 3.8) is 0 Å². The van der Waals surface area contributed by atoms with E-state index in [1.54, 1.807) is 0 Å². The predicted octanol–water partition coefficient (Wildman–Crippen LogP) is 0.686. The maximum absolute atomic E-state index is 8.95. The molecular formula is C7H13NO2. The zero-order valence-corrected chi connectivity index (χ0v) is 6.37. The summed E-state index contributed by atoms with van der Waals surface area (Å²) in [6.45, 7) is 4.03. The fourth-order valence-corrected chi connectivity index (χ4v) is 0.468. The molecule has 0 fully saturated rings. The minimum atomic E-state index is -0.632. The molecule has 0 aromatic carbocycles. The smallest absolute Gasteiger partial charge is 0.0903 e. The molecule has 1 N–H and O–H groups in total. The fraction of sp³-hybridized carbons (Fsp3) is 0.857. The first-order chi connectivity index (χ1) is 4.66. The molecule has 0 aromatic heterocycles. The van der Waals surface area contributed by atoms with E-state index in [4.69, 9.17) is 15.1 Å². The molecule has 0 bridgehead atoms. The Bertz CT molecular complexity index is 117.